The van der Waals surface area contributed by atoms with Crippen molar-refractivity contribution in [3.05, 3.63) is 41.3 Å². The lowest BCUT2D eigenvalue weighted by Gasteiger charge is -2.36. The molecule has 0 spiro atoms. The van der Waals surface area contributed by atoms with Crippen LogP contribution in [0, 0.1) is 0 Å². The second-order valence-corrected chi connectivity index (χ2v) is 8.91. The molecule has 9 heteroatoms. The number of benzene rings is 1. The van der Waals surface area contributed by atoms with Crippen molar-refractivity contribution < 1.29 is 4.79 Å². The normalized spacial score (nSPS) is 16.9. The van der Waals surface area contributed by atoms with Crippen LogP contribution >= 0.6 is 11.6 Å². The highest BCUT2D eigenvalue weighted by Crippen LogP contribution is 2.40. The summed E-state index contributed by atoms with van der Waals surface area (Å²) in [5.74, 6) is 2.18. The molecule has 0 atom stereocenters. The lowest BCUT2D eigenvalue weighted by atomic mass is 10.2. The SMILES string of the molecule is CC(C)NC(=O)N1CCN(c2nc(C3CC3)nc3c2cnn3-c2ccccc2Cl)CC1. The minimum absolute atomic E-state index is 0.00677. The van der Waals surface area contributed by atoms with E-state index < -0.39 is 0 Å². The Morgan fingerprint density at radius 2 is 1.87 bits per heavy atom. The molecule has 162 valence electrons. The number of amides is 2. The molecule has 3 heterocycles. The molecule has 8 nitrogen and oxygen atoms in total. The first kappa shape index (κ1) is 20.1. The molecule has 2 aliphatic rings. The maximum Gasteiger partial charge on any atom is 0.317 e. The van der Waals surface area contributed by atoms with Crippen molar-refractivity contribution in [3.8, 4) is 5.69 Å². The predicted octanol–water partition coefficient (Wildman–Crippen LogP) is 3.59. The summed E-state index contributed by atoms with van der Waals surface area (Å²) in [5, 5.41) is 9.12. The van der Waals surface area contributed by atoms with E-state index in [1.54, 1.807) is 4.68 Å². The smallest absolute Gasteiger partial charge is 0.317 e. The molecule has 31 heavy (non-hydrogen) atoms. The minimum Gasteiger partial charge on any atom is -0.352 e. The van der Waals surface area contributed by atoms with Crippen LogP contribution in [-0.2, 0) is 0 Å². The Labute approximate surface area is 186 Å². The Balaban J connectivity index is 1.48. The number of halogens is 1. The zero-order valence-electron chi connectivity index (χ0n) is 17.8. The van der Waals surface area contributed by atoms with Crippen molar-refractivity contribution in [3.63, 3.8) is 0 Å². The first-order valence-corrected chi connectivity index (χ1v) is 11.2. The highest BCUT2D eigenvalue weighted by molar-refractivity contribution is 6.32. The van der Waals surface area contributed by atoms with Gasteiger partial charge in [-0.15, -0.1) is 0 Å². The fourth-order valence-electron chi connectivity index (χ4n) is 3.93. The Bertz CT molecular complexity index is 1120. The van der Waals surface area contributed by atoms with Crippen molar-refractivity contribution >= 4 is 34.5 Å². The van der Waals surface area contributed by atoms with Gasteiger partial charge in [-0.05, 0) is 38.8 Å². The third-order valence-electron chi connectivity index (χ3n) is 5.73. The van der Waals surface area contributed by atoms with Gasteiger partial charge in [0.1, 0.15) is 11.6 Å². The molecule has 1 aliphatic heterocycles. The summed E-state index contributed by atoms with van der Waals surface area (Å²) in [6, 6.07) is 7.77. The van der Waals surface area contributed by atoms with Gasteiger partial charge in [0.25, 0.3) is 0 Å². The number of carbonyl (C=O) groups is 1. The molecular weight excluding hydrogens is 414 g/mol. The molecule has 1 saturated heterocycles. The number of nitrogens with zero attached hydrogens (tertiary/aromatic N) is 6. The Morgan fingerprint density at radius 1 is 1.13 bits per heavy atom. The summed E-state index contributed by atoms with van der Waals surface area (Å²) in [6.45, 7) is 6.70. The van der Waals surface area contributed by atoms with Crippen LogP contribution in [0.4, 0.5) is 10.6 Å². The average Bonchev–Trinajstić information content (AvgIpc) is 3.53. The van der Waals surface area contributed by atoms with E-state index in [-0.39, 0.29) is 12.1 Å². The number of hydrogen-bond donors (Lipinski definition) is 1. The van der Waals surface area contributed by atoms with Crippen LogP contribution in [0.1, 0.15) is 38.4 Å². The van der Waals surface area contributed by atoms with E-state index in [4.69, 9.17) is 21.6 Å². The van der Waals surface area contributed by atoms with Gasteiger partial charge < -0.3 is 15.1 Å². The summed E-state index contributed by atoms with van der Waals surface area (Å²) < 4.78 is 1.81. The molecule has 2 aromatic heterocycles. The topological polar surface area (TPSA) is 79.2 Å². The van der Waals surface area contributed by atoms with Crippen LogP contribution in [0.3, 0.4) is 0 Å². The van der Waals surface area contributed by atoms with E-state index in [1.807, 2.05) is 49.2 Å². The van der Waals surface area contributed by atoms with Gasteiger partial charge in [0.2, 0.25) is 0 Å². The minimum atomic E-state index is -0.00677. The molecule has 1 saturated carbocycles. The molecule has 2 fully saturated rings. The number of urea groups is 1. The summed E-state index contributed by atoms with van der Waals surface area (Å²) >= 11 is 6.44. The van der Waals surface area contributed by atoms with Crippen molar-refractivity contribution in [1.82, 2.24) is 30.0 Å². The van der Waals surface area contributed by atoms with Crippen LogP contribution in [0.2, 0.25) is 5.02 Å². The van der Waals surface area contributed by atoms with Gasteiger partial charge in [-0.2, -0.15) is 5.10 Å². The molecule has 5 rings (SSSR count). The molecule has 0 unspecified atom stereocenters. The van der Waals surface area contributed by atoms with E-state index in [1.165, 1.54) is 0 Å². The van der Waals surface area contributed by atoms with E-state index >= 15 is 0 Å². The fourth-order valence-corrected chi connectivity index (χ4v) is 4.15. The molecular formula is C22H26ClN7O. The largest absolute Gasteiger partial charge is 0.352 e. The van der Waals surface area contributed by atoms with E-state index in [9.17, 15) is 4.79 Å². The highest BCUT2D eigenvalue weighted by Gasteiger charge is 2.31. The number of para-hydroxylation sites is 1. The average molecular weight is 440 g/mol. The molecule has 1 N–H and O–H groups in total. The van der Waals surface area contributed by atoms with Crippen molar-refractivity contribution in [2.75, 3.05) is 31.1 Å². The van der Waals surface area contributed by atoms with Crippen molar-refractivity contribution in [1.29, 1.82) is 0 Å². The Morgan fingerprint density at radius 3 is 2.55 bits per heavy atom. The quantitative estimate of drug-likeness (QED) is 0.672. The Hall–Kier alpha value is -2.87. The van der Waals surface area contributed by atoms with Crippen LogP contribution in [0.25, 0.3) is 16.7 Å². The molecule has 2 amide bonds. The highest BCUT2D eigenvalue weighted by atomic mass is 35.5. The first-order valence-electron chi connectivity index (χ1n) is 10.8. The maximum atomic E-state index is 12.4. The molecule has 1 aromatic carbocycles. The predicted molar refractivity (Wildman–Crippen MR) is 121 cm³/mol. The third-order valence-corrected chi connectivity index (χ3v) is 6.05. The van der Waals surface area contributed by atoms with Crippen LogP contribution in [-0.4, -0.2) is 62.9 Å². The molecule has 0 radical (unpaired) electrons. The third kappa shape index (κ3) is 3.92. The lowest BCUT2D eigenvalue weighted by Crippen LogP contribution is -2.53. The van der Waals surface area contributed by atoms with Gasteiger partial charge in [0.15, 0.2) is 5.65 Å². The number of carbonyl (C=O) groups excluding carboxylic acids is 1. The second kappa shape index (κ2) is 8.00. The molecule has 1 aliphatic carbocycles. The number of aromatic nitrogens is 4. The number of piperazine rings is 1. The summed E-state index contributed by atoms with van der Waals surface area (Å²) in [7, 11) is 0. The zero-order valence-corrected chi connectivity index (χ0v) is 18.5. The summed E-state index contributed by atoms with van der Waals surface area (Å²) in [4.78, 5) is 26.3. The van der Waals surface area contributed by atoms with Crippen LogP contribution in [0.5, 0.6) is 0 Å². The number of rotatable bonds is 4. The summed E-state index contributed by atoms with van der Waals surface area (Å²) in [6.07, 6.45) is 4.06. The molecule has 3 aromatic rings. The number of hydrogen-bond acceptors (Lipinski definition) is 5. The number of fused-ring (bicyclic) bond motifs is 1. The zero-order chi connectivity index (χ0) is 21.5. The fraction of sp³-hybridized carbons (Fsp3) is 0.455. The first-order chi connectivity index (χ1) is 15.0. The Kier molecular flexibility index (Phi) is 5.17. The number of nitrogens with one attached hydrogen (secondary N) is 1. The van der Waals surface area contributed by atoms with Gasteiger partial charge in [0.05, 0.1) is 22.3 Å². The maximum absolute atomic E-state index is 12.4. The standard InChI is InChI=1S/C22H26ClN7O/c1-14(2)25-22(31)29-11-9-28(10-12-29)20-16-13-24-30(18-6-4-3-5-17(18)23)21(16)27-19(26-20)15-7-8-15/h3-6,13-15H,7-12H2,1-2H3,(H,25,31). The van der Waals surface area contributed by atoms with Gasteiger partial charge >= 0.3 is 6.03 Å². The molecule has 0 bridgehead atoms. The van der Waals surface area contributed by atoms with Crippen LogP contribution in [0.15, 0.2) is 30.5 Å². The number of anilines is 1. The van der Waals surface area contributed by atoms with Crippen molar-refractivity contribution in [2.24, 2.45) is 0 Å². The van der Waals surface area contributed by atoms with Gasteiger partial charge in [0, 0.05) is 38.1 Å². The summed E-state index contributed by atoms with van der Waals surface area (Å²) in [5.41, 5.74) is 1.58. The second-order valence-electron chi connectivity index (χ2n) is 8.50. The van der Waals surface area contributed by atoms with E-state index in [0.29, 0.717) is 24.0 Å². The van der Waals surface area contributed by atoms with Crippen molar-refractivity contribution in [2.45, 2.75) is 38.6 Å². The monoisotopic (exact) mass is 439 g/mol. The van der Waals surface area contributed by atoms with E-state index in [0.717, 1.165) is 54.3 Å². The van der Waals surface area contributed by atoms with Crippen LogP contribution < -0.4 is 10.2 Å². The van der Waals surface area contributed by atoms with Gasteiger partial charge in [-0.3, -0.25) is 0 Å². The van der Waals surface area contributed by atoms with Gasteiger partial charge in [-0.25, -0.2) is 19.4 Å². The lowest BCUT2D eigenvalue weighted by molar-refractivity contribution is 0.192. The van der Waals surface area contributed by atoms with E-state index in [2.05, 4.69) is 15.3 Å². The van der Waals surface area contributed by atoms with Gasteiger partial charge in [-0.1, -0.05) is 23.7 Å².